The first kappa shape index (κ1) is 40.5. The van der Waals surface area contributed by atoms with Crippen LogP contribution in [0.1, 0.15) is 63.4 Å². The smallest absolute Gasteiger partial charge is 0.290 e. The summed E-state index contributed by atoms with van der Waals surface area (Å²) in [5, 5.41) is 13.4. The van der Waals surface area contributed by atoms with Gasteiger partial charge in [0.1, 0.15) is 17.2 Å². The molecule has 0 saturated carbocycles. The van der Waals surface area contributed by atoms with Crippen molar-refractivity contribution in [2.75, 3.05) is 13.2 Å². The molecule has 1 aromatic heterocycles. The van der Waals surface area contributed by atoms with Crippen molar-refractivity contribution in [2.24, 2.45) is 0 Å². The fourth-order valence-electron chi connectivity index (χ4n) is 4.62. The quantitative estimate of drug-likeness (QED) is 0.0820. The van der Waals surface area contributed by atoms with Crippen molar-refractivity contribution in [3.05, 3.63) is 144 Å². The molecule has 5 aromatic rings. The number of hydrogen-bond acceptors (Lipinski definition) is 5. The average molecular weight is 683 g/mol. The molecule has 0 aliphatic heterocycles. The van der Waals surface area contributed by atoms with E-state index in [1.807, 2.05) is 60.8 Å². The Morgan fingerprint density at radius 2 is 1.35 bits per heavy atom. The molecular weight excluding hydrogens is 632 g/mol. The SMILES string of the molecule is C=C.CC(C)(C)c1ccc(Oc2ccc3cnc(CNCCc4ccc(OCCc5ccc(Cl)cc5)cc4)cc3c2)cc1.CCC.O=CO. The molecule has 7 heteroatoms. The minimum absolute atomic E-state index is 0.123. The van der Waals surface area contributed by atoms with Crippen molar-refractivity contribution in [3.63, 3.8) is 0 Å². The highest BCUT2D eigenvalue weighted by atomic mass is 35.5. The Bertz CT molecular complexity index is 1650. The standard InChI is InChI=1S/C36H37ClN2O2.C3H8.C2H4.CH2O2/c1-36(2,3)30-9-16-34(17-10-30)41-35-15-8-28-24-39-32(22-29(28)23-35)25-38-20-18-26-6-13-33(14-7-26)40-21-19-27-4-11-31(37)12-5-27;1-3-2;1-2;2-1-3/h4-17,22-24,38H,18-21,25H2,1-3H3;3H2,1-2H3;1-2H2;1H,(H,2,3). The zero-order valence-electron chi connectivity index (χ0n) is 29.5. The molecule has 0 fully saturated rings. The van der Waals surface area contributed by atoms with Gasteiger partial charge in [0.2, 0.25) is 0 Å². The molecule has 1 heterocycles. The number of aromatic nitrogens is 1. The van der Waals surface area contributed by atoms with E-state index in [-0.39, 0.29) is 11.9 Å². The summed E-state index contributed by atoms with van der Waals surface area (Å²) in [4.78, 5) is 13.0. The fraction of sp³-hybridized carbons (Fsp3) is 0.286. The first-order valence-electron chi connectivity index (χ1n) is 16.6. The number of ether oxygens (including phenoxy) is 2. The van der Waals surface area contributed by atoms with Gasteiger partial charge in [0.25, 0.3) is 6.47 Å². The van der Waals surface area contributed by atoms with Crippen molar-refractivity contribution in [1.29, 1.82) is 0 Å². The van der Waals surface area contributed by atoms with Crippen molar-refractivity contribution in [1.82, 2.24) is 10.3 Å². The second-order valence-corrected chi connectivity index (χ2v) is 12.6. The van der Waals surface area contributed by atoms with E-state index in [4.69, 9.17) is 31.0 Å². The molecule has 0 radical (unpaired) electrons. The minimum atomic E-state index is -0.250. The van der Waals surface area contributed by atoms with E-state index in [2.05, 4.69) is 101 Å². The molecule has 0 aliphatic rings. The van der Waals surface area contributed by atoms with Gasteiger partial charge in [-0.15, -0.1) is 13.2 Å². The van der Waals surface area contributed by atoms with Gasteiger partial charge in [-0.1, -0.05) is 89.0 Å². The van der Waals surface area contributed by atoms with Crippen molar-refractivity contribution in [2.45, 2.75) is 65.8 Å². The number of nitrogens with one attached hydrogen (secondary N) is 1. The molecule has 0 unspecified atom stereocenters. The van der Waals surface area contributed by atoms with E-state index in [9.17, 15) is 0 Å². The Hall–Kier alpha value is -4.65. The molecule has 0 saturated heterocycles. The number of pyridine rings is 1. The summed E-state index contributed by atoms with van der Waals surface area (Å²) in [6.45, 7) is 18.9. The van der Waals surface area contributed by atoms with Gasteiger partial charge in [-0.3, -0.25) is 9.78 Å². The third-order valence-electron chi connectivity index (χ3n) is 7.10. The number of carbonyl (C=O) groups is 1. The summed E-state index contributed by atoms with van der Waals surface area (Å²) in [6, 6.07) is 32.9. The Kier molecular flexibility index (Phi) is 18.3. The molecule has 6 nitrogen and oxygen atoms in total. The van der Waals surface area contributed by atoms with Crippen LogP contribution >= 0.6 is 11.6 Å². The largest absolute Gasteiger partial charge is 0.493 e. The summed E-state index contributed by atoms with van der Waals surface area (Å²) in [6.07, 6.45) is 4.97. The fourth-order valence-corrected chi connectivity index (χ4v) is 4.75. The van der Waals surface area contributed by atoms with Crippen LogP contribution in [0.25, 0.3) is 10.8 Å². The van der Waals surface area contributed by atoms with Gasteiger partial charge in [-0.2, -0.15) is 0 Å². The predicted octanol–water partition coefficient (Wildman–Crippen LogP) is 10.9. The predicted molar refractivity (Wildman–Crippen MR) is 205 cm³/mol. The summed E-state index contributed by atoms with van der Waals surface area (Å²) < 4.78 is 12.1. The minimum Gasteiger partial charge on any atom is -0.493 e. The van der Waals surface area contributed by atoms with Crippen molar-refractivity contribution in [3.8, 4) is 17.2 Å². The van der Waals surface area contributed by atoms with Gasteiger partial charge in [0, 0.05) is 29.6 Å². The van der Waals surface area contributed by atoms with Gasteiger partial charge in [0.15, 0.2) is 0 Å². The second kappa shape index (κ2) is 22.1. The Labute approximate surface area is 297 Å². The Morgan fingerprint density at radius 1 is 0.796 bits per heavy atom. The molecule has 0 aliphatic carbocycles. The highest BCUT2D eigenvalue weighted by Gasteiger charge is 2.13. The lowest BCUT2D eigenvalue weighted by molar-refractivity contribution is -0.122. The Balaban J connectivity index is 0.000000956. The van der Waals surface area contributed by atoms with Gasteiger partial charge in [-0.25, -0.2) is 0 Å². The van der Waals surface area contributed by atoms with E-state index in [0.717, 1.165) is 58.1 Å². The van der Waals surface area contributed by atoms with E-state index in [1.54, 1.807) is 0 Å². The molecule has 0 bridgehead atoms. The van der Waals surface area contributed by atoms with E-state index < -0.39 is 0 Å². The van der Waals surface area contributed by atoms with E-state index in [0.29, 0.717) is 13.2 Å². The maximum absolute atomic E-state index is 8.36. The first-order chi connectivity index (χ1) is 23.6. The number of nitrogens with zero attached hydrogens (tertiary/aromatic N) is 1. The highest BCUT2D eigenvalue weighted by Crippen LogP contribution is 2.29. The van der Waals surface area contributed by atoms with Crippen molar-refractivity contribution >= 4 is 28.8 Å². The second-order valence-electron chi connectivity index (χ2n) is 12.2. The van der Waals surface area contributed by atoms with Crippen LogP contribution < -0.4 is 14.8 Å². The molecule has 260 valence electrons. The number of carboxylic acid groups (broad SMARTS) is 1. The molecule has 4 aromatic carbocycles. The number of fused-ring (bicyclic) bond motifs is 1. The average Bonchev–Trinajstić information content (AvgIpc) is 3.09. The topological polar surface area (TPSA) is 80.7 Å². The third kappa shape index (κ3) is 15.0. The maximum atomic E-state index is 8.36. The lowest BCUT2D eigenvalue weighted by Gasteiger charge is -2.19. The number of benzene rings is 4. The zero-order valence-corrected chi connectivity index (χ0v) is 30.3. The van der Waals surface area contributed by atoms with E-state index in [1.165, 1.54) is 23.1 Å². The lowest BCUT2D eigenvalue weighted by Crippen LogP contribution is -2.17. The van der Waals surface area contributed by atoms with Crippen LogP contribution in [-0.2, 0) is 29.6 Å². The molecular formula is C42H51ClN2O4. The maximum Gasteiger partial charge on any atom is 0.290 e. The van der Waals surface area contributed by atoms with Crippen LogP contribution in [-0.4, -0.2) is 29.7 Å². The first-order valence-corrected chi connectivity index (χ1v) is 16.9. The Morgan fingerprint density at radius 3 is 1.96 bits per heavy atom. The molecule has 0 spiro atoms. The summed E-state index contributed by atoms with van der Waals surface area (Å²) >= 11 is 5.95. The van der Waals surface area contributed by atoms with Crippen LogP contribution in [0.15, 0.2) is 116 Å². The van der Waals surface area contributed by atoms with Crippen LogP contribution in [0.2, 0.25) is 5.02 Å². The summed E-state index contributed by atoms with van der Waals surface area (Å²) in [7, 11) is 0. The highest BCUT2D eigenvalue weighted by molar-refractivity contribution is 6.30. The van der Waals surface area contributed by atoms with E-state index >= 15 is 0 Å². The number of rotatable bonds is 11. The van der Waals surface area contributed by atoms with Crippen LogP contribution in [0.4, 0.5) is 0 Å². The third-order valence-corrected chi connectivity index (χ3v) is 7.35. The van der Waals surface area contributed by atoms with Gasteiger partial charge in [0.05, 0.1) is 12.3 Å². The normalized spacial score (nSPS) is 10.3. The number of hydrogen-bond donors (Lipinski definition) is 2. The molecule has 5 rings (SSSR count). The van der Waals surface area contributed by atoms with Gasteiger partial charge < -0.3 is 19.9 Å². The van der Waals surface area contributed by atoms with Crippen LogP contribution in [0.5, 0.6) is 17.2 Å². The molecule has 49 heavy (non-hydrogen) atoms. The van der Waals surface area contributed by atoms with Gasteiger partial charge in [-0.05, 0) is 101 Å². The van der Waals surface area contributed by atoms with Crippen molar-refractivity contribution < 1.29 is 19.4 Å². The number of halogens is 1. The van der Waals surface area contributed by atoms with Gasteiger partial charge >= 0.3 is 0 Å². The summed E-state index contributed by atoms with van der Waals surface area (Å²) in [5.74, 6) is 2.55. The summed E-state index contributed by atoms with van der Waals surface area (Å²) in [5.41, 5.74) is 4.91. The van der Waals surface area contributed by atoms with Crippen LogP contribution in [0, 0.1) is 0 Å². The monoisotopic (exact) mass is 682 g/mol. The molecule has 0 amide bonds. The van der Waals surface area contributed by atoms with Crippen LogP contribution in [0.3, 0.4) is 0 Å². The molecule has 0 atom stereocenters. The lowest BCUT2D eigenvalue weighted by atomic mass is 9.87. The molecule has 2 N–H and O–H groups in total. The zero-order chi connectivity index (χ0) is 36.1.